The van der Waals surface area contributed by atoms with Gasteiger partial charge in [-0.1, -0.05) is 0 Å². The number of carbonyl (C=O) groups excluding carboxylic acids is 2. The highest BCUT2D eigenvalue weighted by Gasteiger charge is 2.41. The van der Waals surface area contributed by atoms with Crippen molar-refractivity contribution in [1.82, 2.24) is 15.2 Å². The number of aromatic nitrogens is 1. The third kappa shape index (κ3) is 3.68. The first-order chi connectivity index (χ1) is 13.1. The molecule has 1 spiro atoms. The van der Waals surface area contributed by atoms with E-state index in [1.807, 2.05) is 25.1 Å². The molecule has 2 aliphatic rings. The van der Waals surface area contributed by atoms with Crippen LogP contribution in [0, 0.1) is 0 Å². The van der Waals surface area contributed by atoms with Crippen LogP contribution in [0.5, 0.6) is 0 Å². The van der Waals surface area contributed by atoms with Crippen LogP contribution in [0.3, 0.4) is 0 Å². The van der Waals surface area contributed by atoms with Crippen molar-refractivity contribution >= 4 is 28.9 Å². The highest BCUT2D eigenvalue weighted by atomic mass is 32.1. The van der Waals surface area contributed by atoms with Crippen LogP contribution < -0.4 is 10.6 Å². The first-order valence-electron chi connectivity index (χ1n) is 9.11. The summed E-state index contributed by atoms with van der Waals surface area (Å²) in [6.07, 6.45) is 4.97. The standard InChI is InChI=1S/C19H22N4O3S/c1-2-26-16(24)12-23-9-5-19(6-10-23)21-14-11-15(13-3-7-20-8-4-13)27-17(14)18(25)22-19/h3-4,7-8,11,21H,2,5-6,9-10,12H2,1H3,(H,22,25). The molecule has 2 aromatic heterocycles. The van der Waals surface area contributed by atoms with Gasteiger partial charge in [-0.25, -0.2) is 0 Å². The number of esters is 1. The van der Waals surface area contributed by atoms with E-state index >= 15 is 0 Å². The van der Waals surface area contributed by atoms with Crippen LogP contribution in [-0.2, 0) is 9.53 Å². The number of amides is 1. The molecule has 2 aliphatic heterocycles. The van der Waals surface area contributed by atoms with Crippen molar-refractivity contribution in [2.24, 2.45) is 0 Å². The fraction of sp³-hybridized carbons (Fsp3) is 0.421. The Morgan fingerprint density at radius 1 is 1.30 bits per heavy atom. The molecule has 0 radical (unpaired) electrons. The number of pyridine rings is 1. The lowest BCUT2D eigenvalue weighted by Gasteiger charge is -2.45. The van der Waals surface area contributed by atoms with Gasteiger partial charge in [0.25, 0.3) is 5.91 Å². The van der Waals surface area contributed by atoms with E-state index in [-0.39, 0.29) is 11.9 Å². The summed E-state index contributed by atoms with van der Waals surface area (Å²) >= 11 is 1.48. The molecule has 0 aromatic carbocycles. The van der Waals surface area contributed by atoms with Crippen molar-refractivity contribution < 1.29 is 14.3 Å². The first-order valence-corrected chi connectivity index (χ1v) is 9.93. The van der Waals surface area contributed by atoms with E-state index < -0.39 is 5.66 Å². The van der Waals surface area contributed by atoms with Crippen molar-refractivity contribution in [1.29, 1.82) is 0 Å². The average Bonchev–Trinajstić information content (AvgIpc) is 3.09. The largest absolute Gasteiger partial charge is 0.465 e. The van der Waals surface area contributed by atoms with E-state index in [2.05, 4.69) is 20.5 Å². The lowest BCUT2D eigenvalue weighted by Crippen LogP contribution is -2.62. The molecule has 1 amide bonds. The van der Waals surface area contributed by atoms with E-state index in [9.17, 15) is 9.59 Å². The normalized spacial score (nSPS) is 18.5. The summed E-state index contributed by atoms with van der Waals surface area (Å²) in [4.78, 5) is 32.3. The molecule has 0 bridgehead atoms. The number of anilines is 1. The summed E-state index contributed by atoms with van der Waals surface area (Å²) in [6.45, 7) is 3.96. The molecule has 27 heavy (non-hydrogen) atoms. The molecule has 7 nitrogen and oxygen atoms in total. The predicted molar refractivity (Wildman–Crippen MR) is 104 cm³/mol. The predicted octanol–water partition coefficient (Wildman–Crippen LogP) is 2.32. The molecule has 4 rings (SSSR count). The molecular formula is C19H22N4O3S. The van der Waals surface area contributed by atoms with Crippen molar-refractivity contribution in [2.75, 3.05) is 31.6 Å². The lowest BCUT2D eigenvalue weighted by atomic mass is 9.94. The maximum atomic E-state index is 12.7. The maximum Gasteiger partial charge on any atom is 0.320 e. The van der Waals surface area contributed by atoms with Crippen molar-refractivity contribution in [3.8, 4) is 10.4 Å². The van der Waals surface area contributed by atoms with Crippen LogP contribution in [-0.4, -0.2) is 53.7 Å². The molecule has 0 saturated carbocycles. The molecule has 142 valence electrons. The topological polar surface area (TPSA) is 83.6 Å². The number of hydrogen-bond donors (Lipinski definition) is 2. The van der Waals surface area contributed by atoms with Crippen LogP contribution in [0.4, 0.5) is 5.69 Å². The second-order valence-electron chi connectivity index (χ2n) is 6.83. The van der Waals surface area contributed by atoms with E-state index in [1.165, 1.54) is 11.3 Å². The summed E-state index contributed by atoms with van der Waals surface area (Å²) in [6, 6.07) is 5.93. The van der Waals surface area contributed by atoms with Crippen molar-refractivity contribution in [2.45, 2.75) is 25.4 Å². The average molecular weight is 386 g/mol. The van der Waals surface area contributed by atoms with E-state index in [0.717, 1.165) is 42.1 Å². The Labute approximate surface area is 161 Å². The van der Waals surface area contributed by atoms with Gasteiger partial charge in [0.05, 0.1) is 18.8 Å². The number of fused-ring (bicyclic) bond motifs is 1. The van der Waals surface area contributed by atoms with Crippen LogP contribution in [0.1, 0.15) is 29.4 Å². The molecule has 0 unspecified atom stereocenters. The van der Waals surface area contributed by atoms with Crippen molar-refractivity contribution in [3.05, 3.63) is 35.5 Å². The zero-order chi connectivity index (χ0) is 18.9. The van der Waals surface area contributed by atoms with Gasteiger partial charge >= 0.3 is 5.97 Å². The Morgan fingerprint density at radius 2 is 2.04 bits per heavy atom. The SMILES string of the molecule is CCOC(=O)CN1CCC2(CC1)NC(=O)c1sc(-c3ccncc3)cc1N2. The summed E-state index contributed by atoms with van der Waals surface area (Å²) in [5.41, 5.74) is 1.48. The van der Waals surface area contributed by atoms with E-state index in [4.69, 9.17) is 4.74 Å². The third-order valence-corrected chi connectivity index (χ3v) is 6.18. The van der Waals surface area contributed by atoms with Crippen LogP contribution >= 0.6 is 11.3 Å². The molecule has 0 aliphatic carbocycles. The zero-order valence-electron chi connectivity index (χ0n) is 15.2. The van der Waals surface area contributed by atoms with Gasteiger partial charge in [0.1, 0.15) is 10.5 Å². The maximum absolute atomic E-state index is 12.7. The fourth-order valence-electron chi connectivity index (χ4n) is 3.61. The van der Waals surface area contributed by atoms with Gasteiger partial charge in [-0.05, 0) is 30.7 Å². The van der Waals surface area contributed by atoms with Crippen LogP contribution in [0.2, 0.25) is 0 Å². The smallest absolute Gasteiger partial charge is 0.320 e. The number of piperidine rings is 1. The third-order valence-electron chi connectivity index (χ3n) is 5.00. The summed E-state index contributed by atoms with van der Waals surface area (Å²) in [5, 5.41) is 6.71. The van der Waals surface area contributed by atoms with Crippen molar-refractivity contribution in [3.63, 3.8) is 0 Å². The lowest BCUT2D eigenvalue weighted by molar-refractivity contribution is -0.144. The molecule has 0 atom stereocenters. The number of rotatable bonds is 4. The van der Waals surface area contributed by atoms with Gasteiger partial charge in [0.2, 0.25) is 0 Å². The number of nitrogens with zero attached hydrogens (tertiary/aromatic N) is 2. The van der Waals surface area contributed by atoms with Gasteiger partial charge < -0.3 is 15.4 Å². The second-order valence-corrected chi connectivity index (χ2v) is 7.88. The molecule has 8 heteroatoms. The Kier molecular flexibility index (Phi) is 4.84. The minimum Gasteiger partial charge on any atom is -0.465 e. The Hall–Kier alpha value is -2.45. The number of likely N-dealkylation sites (tertiary alicyclic amines) is 1. The van der Waals surface area contributed by atoms with Gasteiger partial charge in [0, 0.05) is 43.2 Å². The molecule has 1 fully saturated rings. The number of thiophene rings is 1. The summed E-state index contributed by atoms with van der Waals surface area (Å²) in [7, 11) is 0. The number of nitrogens with one attached hydrogen (secondary N) is 2. The highest BCUT2D eigenvalue weighted by molar-refractivity contribution is 7.18. The first kappa shape index (κ1) is 17.9. The minimum atomic E-state index is -0.453. The summed E-state index contributed by atoms with van der Waals surface area (Å²) in [5.74, 6) is -0.232. The molecule has 1 saturated heterocycles. The van der Waals surface area contributed by atoms with Crippen LogP contribution in [0.25, 0.3) is 10.4 Å². The molecular weight excluding hydrogens is 364 g/mol. The highest BCUT2D eigenvalue weighted by Crippen LogP contribution is 2.40. The Morgan fingerprint density at radius 3 is 2.74 bits per heavy atom. The monoisotopic (exact) mass is 386 g/mol. The van der Waals surface area contributed by atoms with Crippen LogP contribution in [0.15, 0.2) is 30.6 Å². The zero-order valence-corrected chi connectivity index (χ0v) is 16.0. The van der Waals surface area contributed by atoms with E-state index in [0.29, 0.717) is 18.0 Å². The minimum absolute atomic E-state index is 0.0344. The number of ether oxygens (including phenoxy) is 1. The number of hydrogen-bond acceptors (Lipinski definition) is 7. The van der Waals surface area contributed by atoms with E-state index in [1.54, 1.807) is 12.4 Å². The molecule has 4 heterocycles. The van der Waals surface area contributed by atoms with Gasteiger partial charge in [-0.2, -0.15) is 0 Å². The quantitative estimate of drug-likeness (QED) is 0.785. The van der Waals surface area contributed by atoms with Gasteiger partial charge in [-0.3, -0.25) is 19.5 Å². The molecule has 2 aromatic rings. The Bertz CT molecular complexity index is 844. The second kappa shape index (κ2) is 7.28. The van der Waals surface area contributed by atoms with Gasteiger partial charge in [0.15, 0.2) is 0 Å². The molecule has 2 N–H and O–H groups in total. The Balaban J connectivity index is 1.47. The van der Waals surface area contributed by atoms with Gasteiger partial charge in [-0.15, -0.1) is 11.3 Å². The fourth-order valence-corrected chi connectivity index (χ4v) is 4.62. The number of carbonyl (C=O) groups is 2. The summed E-state index contributed by atoms with van der Waals surface area (Å²) < 4.78 is 5.02.